The minimum absolute atomic E-state index is 0.0974. The molecule has 1 aromatic carbocycles. The van der Waals surface area contributed by atoms with Crippen molar-refractivity contribution < 1.29 is 4.79 Å². The largest absolute Gasteiger partial charge is 0.335 e. The summed E-state index contributed by atoms with van der Waals surface area (Å²) in [5.41, 5.74) is 7.37. The van der Waals surface area contributed by atoms with Crippen LogP contribution in [0.3, 0.4) is 0 Å². The van der Waals surface area contributed by atoms with Crippen LogP contribution in [-0.4, -0.2) is 36.0 Å². The van der Waals surface area contributed by atoms with Gasteiger partial charge >= 0.3 is 0 Å². The van der Waals surface area contributed by atoms with E-state index in [1.165, 1.54) is 0 Å². The summed E-state index contributed by atoms with van der Waals surface area (Å²) in [6, 6.07) is 15.8. The van der Waals surface area contributed by atoms with E-state index in [0.29, 0.717) is 11.5 Å². The Kier molecular flexibility index (Phi) is 4.88. The zero-order valence-corrected chi connectivity index (χ0v) is 20.0. The summed E-state index contributed by atoms with van der Waals surface area (Å²) in [6.45, 7) is 0. The number of fused-ring (bicyclic) bond motifs is 2. The Labute approximate surface area is 209 Å². The van der Waals surface area contributed by atoms with E-state index in [9.17, 15) is 4.79 Å². The number of nitrogens with zero attached hydrogens (tertiary/aromatic N) is 4. The highest BCUT2D eigenvalue weighted by atomic mass is 32.1. The van der Waals surface area contributed by atoms with Crippen molar-refractivity contribution in [2.24, 2.45) is 5.92 Å². The highest BCUT2D eigenvalue weighted by molar-refractivity contribution is 7.13. The summed E-state index contributed by atoms with van der Waals surface area (Å²) >= 11 is 1.66. The topological polar surface area (TPSA) is 112 Å². The number of imidazole rings is 1. The number of amides is 1. The van der Waals surface area contributed by atoms with Gasteiger partial charge in [-0.1, -0.05) is 24.6 Å². The van der Waals surface area contributed by atoms with Gasteiger partial charge in [-0.3, -0.25) is 14.9 Å². The monoisotopic (exact) mass is 491 g/mol. The molecule has 7 rings (SSSR count). The standard InChI is InChI=1S/C27H21N7OS/c35-27(15-4-1-5-15)29-17-7-2-6-16(12-17)19-9-10-20-24(30-19)25(34-33-20)26-31-21-14-28-13-18(23(21)32-26)22-8-3-11-36-22/h2-3,6-15H,1,4-5H2,(H,29,35)(H,31,32)(H,33,34). The number of carbonyl (C=O) groups is 1. The summed E-state index contributed by atoms with van der Waals surface area (Å²) in [5.74, 6) is 0.865. The number of pyridine rings is 2. The molecule has 1 aliphatic carbocycles. The Morgan fingerprint density at radius 3 is 2.78 bits per heavy atom. The summed E-state index contributed by atoms with van der Waals surface area (Å²) in [6.07, 6.45) is 6.69. The van der Waals surface area contributed by atoms with Gasteiger partial charge in [-0.15, -0.1) is 11.3 Å². The van der Waals surface area contributed by atoms with Gasteiger partial charge in [0.15, 0.2) is 11.5 Å². The molecule has 0 atom stereocenters. The Morgan fingerprint density at radius 2 is 1.94 bits per heavy atom. The summed E-state index contributed by atoms with van der Waals surface area (Å²) in [7, 11) is 0. The van der Waals surface area contributed by atoms with E-state index in [-0.39, 0.29) is 11.8 Å². The van der Waals surface area contributed by atoms with Crippen LogP contribution in [-0.2, 0) is 4.79 Å². The number of rotatable bonds is 5. The predicted molar refractivity (Wildman–Crippen MR) is 141 cm³/mol. The molecule has 0 bridgehead atoms. The fourth-order valence-corrected chi connectivity index (χ4v) is 5.29. The molecule has 0 spiro atoms. The van der Waals surface area contributed by atoms with Gasteiger partial charge in [0.2, 0.25) is 5.91 Å². The van der Waals surface area contributed by atoms with Gasteiger partial charge in [0.05, 0.1) is 22.9 Å². The quantitative estimate of drug-likeness (QED) is 0.273. The second-order valence-corrected chi connectivity index (χ2v) is 9.96. The molecule has 0 radical (unpaired) electrons. The van der Waals surface area contributed by atoms with Crippen LogP contribution in [0, 0.1) is 5.92 Å². The SMILES string of the molecule is O=C(Nc1cccc(-c2ccc3[nH]nc(-c4nc5c(-c6cccs6)cncc5[nH]4)c3n2)c1)C1CCC1. The fraction of sp³-hybridized carbons (Fsp3) is 0.148. The van der Waals surface area contributed by atoms with Gasteiger partial charge in [0, 0.05) is 33.8 Å². The van der Waals surface area contributed by atoms with E-state index >= 15 is 0 Å². The lowest BCUT2D eigenvalue weighted by molar-refractivity contribution is -0.122. The third-order valence-corrected chi connectivity index (χ3v) is 7.62. The number of nitrogens with one attached hydrogen (secondary N) is 3. The van der Waals surface area contributed by atoms with E-state index in [2.05, 4.69) is 31.5 Å². The van der Waals surface area contributed by atoms with Crippen LogP contribution in [0.2, 0.25) is 0 Å². The van der Waals surface area contributed by atoms with E-state index in [1.54, 1.807) is 17.5 Å². The lowest BCUT2D eigenvalue weighted by atomic mass is 9.85. The van der Waals surface area contributed by atoms with Crippen molar-refractivity contribution in [2.75, 3.05) is 5.32 Å². The van der Waals surface area contributed by atoms with Gasteiger partial charge in [0.25, 0.3) is 0 Å². The molecular weight excluding hydrogens is 470 g/mol. The third-order valence-electron chi connectivity index (χ3n) is 6.71. The first-order valence-corrected chi connectivity index (χ1v) is 12.8. The van der Waals surface area contributed by atoms with Crippen LogP contribution < -0.4 is 5.32 Å². The molecule has 5 heterocycles. The van der Waals surface area contributed by atoms with Crippen LogP contribution in [0.25, 0.3) is 55.3 Å². The van der Waals surface area contributed by atoms with Crippen LogP contribution in [0.15, 0.2) is 66.3 Å². The summed E-state index contributed by atoms with van der Waals surface area (Å²) in [5, 5.41) is 12.7. The second kappa shape index (κ2) is 8.39. The second-order valence-electron chi connectivity index (χ2n) is 9.01. The first kappa shape index (κ1) is 21.0. The Hall–Kier alpha value is -4.37. The molecule has 8 nitrogen and oxygen atoms in total. The maximum atomic E-state index is 12.4. The number of carbonyl (C=O) groups excluding carboxylic acids is 1. The molecule has 3 N–H and O–H groups in total. The average Bonchev–Trinajstić information content (AvgIpc) is 3.61. The number of hydrogen-bond donors (Lipinski definition) is 3. The maximum absolute atomic E-state index is 12.4. The maximum Gasteiger partial charge on any atom is 0.227 e. The number of H-pyrrole nitrogens is 2. The van der Waals surface area contributed by atoms with Gasteiger partial charge in [-0.2, -0.15) is 5.10 Å². The number of anilines is 1. The Morgan fingerprint density at radius 1 is 1.00 bits per heavy atom. The molecule has 36 heavy (non-hydrogen) atoms. The Bertz CT molecular complexity index is 1730. The van der Waals surface area contributed by atoms with Gasteiger partial charge < -0.3 is 10.3 Å². The third kappa shape index (κ3) is 3.56. The molecule has 176 valence electrons. The van der Waals surface area contributed by atoms with Gasteiger partial charge in [0.1, 0.15) is 11.0 Å². The molecular formula is C27H21N7OS. The minimum atomic E-state index is 0.0974. The van der Waals surface area contributed by atoms with Gasteiger partial charge in [-0.25, -0.2) is 9.97 Å². The first-order chi connectivity index (χ1) is 17.7. The highest BCUT2D eigenvalue weighted by Crippen LogP contribution is 2.33. The Balaban J connectivity index is 1.26. The smallest absolute Gasteiger partial charge is 0.227 e. The minimum Gasteiger partial charge on any atom is -0.335 e. The normalized spacial score (nSPS) is 13.8. The van der Waals surface area contributed by atoms with Crippen LogP contribution in [0.5, 0.6) is 0 Å². The number of thiophene rings is 1. The van der Waals surface area contributed by atoms with E-state index in [0.717, 1.165) is 68.7 Å². The molecule has 9 heteroatoms. The molecule has 0 unspecified atom stereocenters. The molecule has 1 amide bonds. The highest BCUT2D eigenvalue weighted by Gasteiger charge is 2.25. The van der Waals surface area contributed by atoms with E-state index in [1.807, 2.05) is 54.0 Å². The zero-order valence-electron chi connectivity index (χ0n) is 19.2. The molecule has 1 saturated carbocycles. The molecule has 6 aromatic rings. The average molecular weight is 492 g/mol. The number of aromatic amines is 2. The summed E-state index contributed by atoms with van der Waals surface area (Å²) < 4.78 is 0. The number of hydrogen-bond acceptors (Lipinski definition) is 6. The summed E-state index contributed by atoms with van der Waals surface area (Å²) in [4.78, 5) is 31.1. The van der Waals surface area contributed by atoms with Crippen molar-refractivity contribution in [3.8, 4) is 33.2 Å². The molecule has 5 aromatic heterocycles. The molecule has 1 fully saturated rings. The zero-order chi connectivity index (χ0) is 24.1. The van der Waals surface area contributed by atoms with Gasteiger partial charge in [-0.05, 0) is 48.6 Å². The molecule has 0 saturated heterocycles. The van der Waals surface area contributed by atoms with Crippen molar-refractivity contribution >= 4 is 45.0 Å². The fourth-order valence-electron chi connectivity index (χ4n) is 4.55. The van der Waals surface area contributed by atoms with Crippen LogP contribution in [0.1, 0.15) is 19.3 Å². The lowest BCUT2D eigenvalue weighted by Crippen LogP contribution is -2.27. The van der Waals surface area contributed by atoms with Crippen molar-refractivity contribution in [3.05, 3.63) is 66.3 Å². The van der Waals surface area contributed by atoms with Crippen molar-refractivity contribution in [1.82, 2.24) is 30.1 Å². The van der Waals surface area contributed by atoms with Crippen molar-refractivity contribution in [3.63, 3.8) is 0 Å². The van der Waals surface area contributed by atoms with Crippen LogP contribution in [0.4, 0.5) is 5.69 Å². The first-order valence-electron chi connectivity index (χ1n) is 11.9. The van der Waals surface area contributed by atoms with Crippen molar-refractivity contribution in [2.45, 2.75) is 19.3 Å². The number of aromatic nitrogens is 6. The molecule has 0 aliphatic heterocycles. The predicted octanol–water partition coefficient (Wildman–Crippen LogP) is 6.03. The van der Waals surface area contributed by atoms with Crippen LogP contribution >= 0.6 is 11.3 Å². The number of benzene rings is 1. The van der Waals surface area contributed by atoms with E-state index in [4.69, 9.17) is 9.97 Å². The lowest BCUT2D eigenvalue weighted by Gasteiger charge is -2.24. The molecule has 1 aliphatic rings. The van der Waals surface area contributed by atoms with Crippen molar-refractivity contribution in [1.29, 1.82) is 0 Å². The van der Waals surface area contributed by atoms with E-state index < -0.39 is 0 Å².